The largest absolute Gasteiger partial charge is 0.476 e. The number of rotatable bonds is 4. The highest BCUT2D eigenvalue weighted by molar-refractivity contribution is 6.30. The van der Waals surface area contributed by atoms with Crippen LogP contribution in [-0.4, -0.2) is 16.6 Å². The minimum Gasteiger partial charge on any atom is -0.476 e. The van der Waals surface area contributed by atoms with Gasteiger partial charge in [-0.3, -0.25) is 4.98 Å². The quantitative estimate of drug-likeness (QED) is 0.904. The Morgan fingerprint density at radius 2 is 2.18 bits per heavy atom. The number of anilines is 1. The molecule has 0 aliphatic heterocycles. The number of hydrogen-bond acceptors (Lipinski definition) is 4. The van der Waals surface area contributed by atoms with E-state index in [1.54, 1.807) is 12.3 Å². The highest BCUT2D eigenvalue weighted by atomic mass is 35.5. The van der Waals surface area contributed by atoms with Crippen molar-refractivity contribution in [1.29, 1.82) is 0 Å². The van der Waals surface area contributed by atoms with Crippen molar-refractivity contribution in [2.45, 2.75) is 6.42 Å². The number of halogens is 1. The van der Waals surface area contributed by atoms with Crippen molar-refractivity contribution in [2.75, 3.05) is 12.3 Å². The van der Waals surface area contributed by atoms with E-state index in [0.29, 0.717) is 29.6 Å². The van der Waals surface area contributed by atoms with Gasteiger partial charge in [0.2, 0.25) is 5.88 Å². The van der Waals surface area contributed by atoms with Crippen LogP contribution in [-0.2, 0) is 6.42 Å². The van der Waals surface area contributed by atoms with Crippen LogP contribution >= 0.6 is 11.6 Å². The minimum absolute atomic E-state index is 0.408. The summed E-state index contributed by atoms with van der Waals surface area (Å²) in [4.78, 5) is 8.20. The van der Waals surface area contributed by atoms with Gasteiger partial charge in [-0.15, -0.1) is 0 Å². The zero-order chi connectivity index (χ0) is 12.1. The summed E-state index contributed by atoms with van der Waals surface area (Å²) < 4.78 is 5.46. The number of nitrogens with two attached hydrogens (primary N) is 1. The third-order valence-corrected chi connectivity index (χ3v) is 2.38. The Bertz CT molecular complexity index is 490. The summed E-state index contributed by atoms with van der Waals surface area (Å²) in [6.07, 6.45) is 3.98. The summed E-state index contributed by atoms with van der Waals surface area (Å²) >= 11 is 5.74. The Hall–Kier alpha value is -1.81. The molecule has 0 atom stereocenters. The van der Waals surface area contributed by atoms with Gasteiger partial charge >= 0.3 is 0 Å². The van der Waals surface area contributed by atoms with Crippen LogP contribution in [0.2, 0.25) is 5.02 Å². The third kappa shape index (κ3) is 3.32. The summed E-state index contributed by atoms with van der Waals surface area (Å²) in [7, 11) is 0. The topological polar surface area (TPSA) is 61.0 Å². The molecule has 88 valence electrons. The van der Waals surface area contributed by atoms with E-state index in [9.17, 15) is 0 Å². The van der Waals surface area contributed by atoms with E-state index in [0.717, 1.165) is 5.69 Å². The molecule has 0 aliphatic rings. The van der Waals surface area contributed by atoms with Crippen molar-refractivity contribution in [3.63, 3.8) is 0 Å². The molecule has 5 heteroatoms. The Morgan fingerprint density at radius 1 is 1.29 bits per heavy atom. The molecule has 2 aromatic rings. The molecule has 0 unspecified atom stereocenters. The lowest BCUT2D eigenvalue weighted by Gasteiger charge is -2.07. The van der Waals surface area contributed by atoms with E-state index in [-0.39, 0.29) is 0 Å². The SMILES string of the molecule is Nc1cc(Cl)cnc1OCCc1ccccn1. The average molecular weight is 250 g/mol. The van der Waals surface area contributed by atoms with Crippen LogP contribution in [0.15, 0.2) is 36.7 Å². The second-order valence-electron chi connectivity index (χ2n) is 3.47. The van der Waals surface area contributed by atoms with E-state index >= 15 is 0 Å². The van der Waals surface area contributed by atoms with Gasteiger partial charge in [0.1, 0.15) is 0 Å². The van der Waals surface area contributed by atoms with Crippen molar-refractivity contribution in [1.82, 2.24) is 9.97 Å². The Balaban J connectivity index is 1.90. The molecule has 0 aliphatic carbocycles. The summed E-state index contributed by atoms with van der Waals surface area (Å²) in [6.45, 7) is 0.482. The first-order valence-corrected chi connectivity index (χ1v) is 5.57. The minimum atomic E-state index is 0.408. The molecule has 0 bridgehead atoms. The molecule has 2 aromatic heterocycles. The molecule has 0 saturated heterocycles. The summed E-state index contributed by atoms with van der Waals surface area (Å²) in [5.74, 6) is 0.408. The first-order valence-electron chi connectivity index (χ1n) is 5.19. The maximum absolute atomic E-state index is 5.74. The zero-order valence-corrected chi connectivity index (χ0v) is 9.89. The van der Waals surface area contributed by atoms with Gasteiger partial charge in [-0.1, -0.05) is 17.7 Å². The number of nitrogen functional groups attached to an aromatic ring is 1. The van der Waals surface area contributed by atoms with E-state index in [1.165, 1.54) is 6.20 Å². The summed E-state index contributed by atoms with van der Waals surface area (Å²) in [5.41, 5.74) is 7.13. The lowest BCUT2D eigenvalue weighted by Crippen LogP contribution is -2.05. The van der Waals surface area contributed by atoms with Gasteiger partial charge in [0.25, 0.3) is 0 Å². The molecular formula is C12H12ClN3O. The van der Waals surface area contributed by atoms with Gasteiger partial charge < -0.3 is 10.5 Å². The van der Waals surface area contributed by atoms with Crippen molar-refractivity contribution in [3.05, 3.63) is 47.4 Å². The van der Waals surface area contributed by atoms with Crippen molar-refractivity contribution < 1.29 is 4.74 Å². The lowest BCUT2D eigenvalue weighted by atomic mass is 10.3. The standard InChI is InChI=1S/C12H12ClN3O/c13-9-7-11(14)12(16-8-9)17-6-4-10-3-1-2-5-15-10/h1-3,5,7-8H,4,6,14H2. The zero-order valence-electron chi connectivity index (χ0n) is 9.14. The fourth-order valence-corrected chi connectivity index (χ4v) is 1.53. The second-order valence-corrected chi connectivity index (χ2v) is 3.90. The molecule has 17 heavy (non-hydrogen) atoms. The highest BCUT2D eigenvalue weighted by Crippen LogP contribution is 2.21. The number of pyridine rings is 2. The van der Waals surface area contributed by atoms with Crippen molar-refractivity contribution >= 4 is 17.3 Å². The van der Waals surface area contributed by atoms with Gasteiger partial charge in [-0.25, -0.2) is 4.98 Å². The molecule has 2 heterocycles. The van der Waals surface area contributed by atoms with Crippen LogP contribution in [0.25, 0.3) is 0 Å². The molecule has 4 nitrogen and oxygen atoms in total. The summed E-state index contributed by atoms with van der Waals surface area (Å²) in [5, 5.41) is 0.500. The fourth-order valence-electron chi connectivity index (χ4n) is 1.36. The number of hydrogen-bond donors (Lipinski definition) is 1. The summed E-state index contributed by atoms with van der Waals surface area (Å²) in [6, 6.07) is 7.38. The molecule has 2 rings (SSSR count). The van der Waals surface area contributed by atoms with Crippen LogP contribution in [0, 0.1) is 0 Å². The van der Waals surface area contributed by atoms with Crippen LogP contribution in [0.3, 0.4) is 0 Å². The normalized spacial score (nSPS) is 10.2. The van der Waals surface area contributed by atoms with E-state index < -0.39 is 0 Å². The molecular weight excluding hydrogens is 238 g/mol. The monoisotopic (exact) mass is 249 g/mol. The predicted molar refractivity (Wildman–Crippen MR) is 67.1 cm³/mol. The van der Waals surface area contributed by atoms with Crippen LogP contribution in [0.4, 0.5) is 5.69 Å². The molecule has 0 aromatic carbocycles. The molecule has 0 fully saturated rings. The highest BCUT2D eigenvalue weighted by Gasteiger charge is 2.03. The molecule has 0 amide bonds. The average Bonchev–Trinajstić information content (AvgIpc) is 2.33. The van der Waals surface area contributed by atoms with Crippen LogP contribution < -0.4 is 10.5 Å². The van der Waals surface area contributed by atoms with Gasteiger partial charge in [-0.05, 0) is 18.2 Å². The number of nitrogens with zero attached hydrogens (tertiary/aromatic N) is 2. The molecule has 0 saturated carbocycles. The smallest absolute Gasteiger partial charge is 0.237 e. The Morgan fingerprint density at radius 3 is 2.88 bits per heavy atom. The van der Waals surface area contributed by atoms with Crippen LogP contribution in [0.5, 0.6) is 5.88 Å². The molecule has 2 N–H and O–H groups in total. The van der Waals surface area contributed by atoms with Crippen LogP contribution in [0.1, 0.15) is 5.69 Å². The maximum Gasteiger partial charge on any atom is 0.237 e. The van der Waals surface area contributed by atoms with E-state index in [4.69, 9.17) is 22.1 Å². The van der Waals surface area contributed by atoms with E-state index in [2.05, 4.69) is 9.97 Å². The third-order valence-electron chi connectivity index (χ3n) is 2.17. The first-order chi connectivity index (χ1) is 8.25. The Kier molecular flexibility index (Phi) is 3.77. The molecule has 0 radical (unpaired) electrons. The number of aromatic nitrogens is 2. The van der Waals surface area contributed by atoms with Gasteiger partial charge in [-0.2, -0.15) is 0 Å². The number of ether oxygens (including phenoxy) is 1. The van der Waals surface area contributed by atoms with Crippen molar-refractivity contribution in [2.24, 2.45) is 0 Å². The predicted octanol–water partition coefficient (Wildman–Crippen LogP) is 2.33. The lowest BCUT2D eigenvalue weighted by molar-refractivity contribution is 0.310. The van der Waals surface area contributed by atoms with Gasteiger partial charge in [0, 0.05) is 24.5 Å². The van der Waals surface area contributed by atoms with E-state index in [1.807, 2.05) is 18.2 Å². The van der Waals surface area contributed by atoms with Crippen molar-refractivity contribution in [3.8, 4) is 5.88 Å². The Labute approximate surface area is 104 Å². The van der Waals surface area contributed by atoms with Gasteiger partial charge in [0.05, 0.1) is 17.3 Å². The fraction of sp³-hybridized carbons (Fsp3) is 0.167. The second kappa shape index (κ2) is 5.50. The maximum atomic E-state index is 5.74. The first kappa shape index (κ1) is 11.7. The van der Waals surface area contributed by atoms with Gasteiger partial charge in [0.15, 0.2) is 0 Å². The molecule has 0 spiro atoms.